The monoisotopic (exact) mass is 373 g/mol. The fraction of sp³-hybridized carbons (Fsp3) is 0.294. The van der Waals surface area contributed by atoms with Gasteiger partial charge in [0.1, 0.15) is 0 Å². The van der Waals surface area contributed by atoms with Crippen molar-refractivity contribution < 1.29 is 14.3 Å². The van der Waals surface area contributed by atoms with Crippen molar-refractivity contribution in [3.8, 4) is 0 Å². The van der Waals surface area contributed by atoms with Crippen molar-refractivity contribution in [3.63, 3.8) is 0 Å². The average molecular weight is 373 g/mol. The van der Waals surface area contributed by atoms with E-state index in [2.05, 4.69) is 36.5 Å². The number of nitrogens with zero attached hydrogens (tertiary/aromatic N) is 3. The molecule has 26 heavy (non-hydrogen) atoms. The molecule has 1 amide bonds. The molecule has 0 atom stereocenters. The van der Waals surface area contributed by atoms with Crippen molar-refractivity contribution in [2.75, 3.05) is 38.2 Å². The van der Waals surface area contributed by atoms with Crippen LogP contribution in [0.1, 0.15) is 5.56 Å². The summed E-state index contributed by atoms with van der Waals surface area (Å²) in [4.78, 5) is 25.5. The molecule has 2 fully saturated rings. The Morgan fingerprint density at radius 2 is 2.08 bits per heavy atom. The minimum atomic E-state index is -0.586. The molecular weight excluding hydrogens is 354 g/mol. The first-order valence-electron chi connectivity index (χ1n) is 8.12. The van der Waals surface area contributed by atoms with Crippen molar-refractivity contribution in [2.45, 2.75) is 0 Å². The molecule has 136 valence electrons. The fourth-order valence-electron chi connectivity index (χ4n) is 2.58. The number of carbonyl (C=O) groups is 2. The lowest BCUT2D eigenvalue weighted by Gasteiger charge is -2.30. The number of methoxy groups -OCH3 is 1. The zero-order valence-electron chi connectivity index (χ0n) is 14.3. The topological polar surface area (TPSA) is 95.4 Å². The number of piperazine rings is 1. The van der Waals surface area contributed by atoms with Crippen LogP contribution in [0.3, 0.4) is 0 Å². The van der Waals surface area contributed by atoms with Gasteiger partial charge in [-0.3, -0.25) is 10.1 Å². The van der Waals surface area contributed by atoms with Crippen LogP contribution in [0.4, 0.5) is 5.69 Å². The predicted octanol–water partition coefficient (Wildman–Crippen LogP) is 0.706. The molecule has 0 bridgehead atoms. The molecular formula is C17H19N5O3S. The summed E-state index contributed by atoms with van der Waals surface area (Å²) in [6.45, 7) is 3.78. The van der Waals surface area contributed by atoms with Gasteiger partial charge in [-0.05, 0) is 17.8 Å². The van der Waals surface area contributed by atoms with Gasteiger partial charge in [-0.1, -0.05) is 18.2 Å². The summed E-state index contributed by atoms with van der Waals surface area (Å²) in [5.74, 6) is -0.979. The Morgan fingerprint density at radius 3 is 2.85 bits per heavy atom. The fourth-order valence-corrected chi connectivity index (χ4v) is 3.31. The number of carbonyl (C=O) groups excluding carboxylic acids is 2. The molecule has 2 aliphatic heterocycles. The Morgan fingerprint density at radius 1 is 1.31 bits per heavy atom. The summed E-state index contributed by atoms with van der Waals surface area (Å²) in [5, 5.41) is 14.3. The van der Waals surface area contributed by atoms with Crippen molar-refractivity contribution in [2.24, 2.45) is 10.2 Å². The molecule has 2 aliphatic rings. The van der Waals surface area contributed by atoms with E-state index in [1.54, 1.807) is 6.21 Å². The lowest BCUT2D eigenvalue weighted by atomic mass is 10.1. The number of anilines is 1. The van der Waals surface area contributed by atoms with E-state index >= 15 is 0 Å². The van der Waals surface area contributed by atoms with Crippen LogP contribution in [-0.4, -0.2) is 56.5 Å². The maximum Gasteiger partial charge on any atom is 0.331 e. The van der Waals surface area contributed by atoms with E-state index in [4.69, 9.17) is 0 Å². The maximum absolute atomic E-state index is 11.8. The molecule has 3 rings (SSSR count). The molecule has 1 aromatic rings. The van der Waals surface area contributed by atoms with Gasteiger partial charge in [0.05, 0.1) is 18.2 Å². The Bertz CT molecular complexity index is 784. The molecule has 0 spiro atoms. The van der Waals surface area contributed by atoms with Gasteiger partial charge in [0.15, 0.2) is 5.17 Å². The van der Waals surface area contributed by atoms with E-state index in [1.807, 2.05) is 18.2 Å². The maximum atomic E-state index is 11.8. The highest BCUT2D eigenvalue weighted by atomic mass is 32.2. The Labute approximate surface area is 155 Å². The van der Waals surface area contributed by atoms with Crippen LogP contribution in [0, 0.1) is 0 Å². The van der Waals surface area contributed by atoms with Gasteiger partial charge in [-0.25, -0.2) is 4.79 Å². The number of ether oxygens (including phenoxy) is 1. The van der Waals surface area contributed by atoms with Crippen LogP contribution < -0.4 is 15.5 Å². The quantitative estimate of drug-likeness (QED) is 0.349. The number of hydrogen-bond acceptors (Lipinski definition) is 8. The third-order valence-corrected chi connectivity index (χ3v) is 4.74. The minimum absolute atomic E-state index is 0.229. The second-order valence-electron chi connectivity index (χ2n) is 5.53. The highest BCUT2D eigenvalue weighted by Gasteiger charge is 2.25. The lowest BCUT2D eigenvalue weighted by molar-refractivity contribution is -0.135. The van der Waals surface area contributed by atoms with Gasteiger partial charge in [0.2, 0.25) is 0 Å². The summed E-state index contributed by atoms with van der Waals surface area (Å²) in [7, 11) is 1.26. The second-order valence-corrected chi connectivity index (χ2v) is 6.56. The minimum Gasteiger partial charge on any atom is -0.466 e. The first-order valence-corrected chi connectivity index (χ1v) is 8.93. The molecule has 0 aromatic heterocycles. The third kappa shape index (κ3) is 4.50. The lowest BCUT2D eigenvalue weighted by Crippen LogP contribution is -2.43. The molecule has 0 aliphatic carbocycles. The molecule has 2 N–H and O–H groups in total. The van der Waals surface area contributed by atoms with Gasteiger partial charge >= 0.3 is 5.97 Å². The number of nitrogens with one attached hydrogen (secondary N) is 2. The van der Waals surface area contributed by atoms with Gasteiger partial charge < -0.3 is 15.0 Å². The highest BCUT2D eigenvalue weighted by Crippen LogP contribution is 2.24. The second kappa shape index (κ2) is 8.63. The van der Waals surface area contributed by atoms with E-state index < -0.39 is 11.9 Å². The van der Waals surface area contributed by atoms with Gasteiger partial charge in [-0.15, -0.1) is 5.10 Å². The summed E-state index contributed by atoms with van der Waals surface area (Å²) in [5.41, 5.74) is 2.06. The normalized spacial score (nSPS) is 20.8. The van der Waals surface area contributed by atoms with Crippen LogP contribution >= 0.6 is 11.8 Å². The van der Waals surface area contributed by atoms with Crippen molar-refractivity contribution >= 4 is 40.7 Å². The number of esters is 1. The van der Waals surface area contributed by atoms with E-state index in [9.17, 15) is 9.59 Å². The zero-order valence-corrected chi connectivity index (χ0v) is 15.1. The number of amidine groups is 1. The Balaban J connectivity index is 1.71. The van der Waals surface area contributed by atoms with E-state index in [-0.39, 0.29) is 4.91 Å². The van der Waals surface area contributed by atoms with Crippen LogP contribution in [0.5, 0.6) is 0 Å². The highest BCUT2D eigenvalue weighted by molar-refractivity contribution is 8.18. The standard InChI is InChI=1S/C17H19N5O3S/c1-25-15(23)10-14-16(24)20-17(26-14)21-19-11-12-4-2-3-5-13(12)22-8-6-18-7-9-22/h2-5,10-11,18H,6-9H2,1H3,(H,20,21,24)/b14-10+,19-11?. The molecule has 0 saturated carbocycles. The molecule has 0 radical (unpaired) electrons. The molecule has 0 unspecified atom stereocenters. The number of hydrogen-bond donors (Lipinski definition) is 2. The first kappa shape index (κ1) is 18.2. The molecule has 1 aromatic carbocycles. The van der Waals surface area contributed by atoms with E-state index in [1.165, 1.54) is 7.11 Å². The summed E-state index contributed by atoms with van der Waals surface area (Å²) in [6, 6.07) is 7.98. The van der Waals surface area contributed by atoms with Gasteiger partial charge in [0.25, 0.3) is 5.91 Å². The predicted molar refractivity (Wildman–Crippen MR) is 102 cm³/mol. The SMILES string of the molecule is COC(=O)/C=C1/S/C(=N\N=Cc2ccccc2N2CCNCC2)NC1=O. The summed E-state index contributed by atoms with van der Waals surface area (Å²) in [6.07, 6.45) is 2.80. The Hall–Kier alpha value is -2.65. The van der Waals surface area contributed by atoms with E-state index in [0.29, 0.717) is 5.17 Å². The Kier molecular flexibility index (Phi) is 6.03. The van der Waals surface area contributed by atoms with Crippen LogP contribution in [0.25, 0.3) is 0 Å². The summed E-state index contributed by atoms with van der Waals surface area (Å²) < 4.78 is 4.52. The smallest absolute Gasteiger partial charge is 0.331 e. The number of rotatable bonds is 4. The molecule has 2 saturated heterocycles. The number of amides is 1. The number of benzene rings is 1. The third-order valence-electron chi connectivity index (χ3n) is 3.84. The van der Waals surface area contributed by atoms with Crippen molar-refractivity contribution in [1.82, 2.24) is 10.6 Å². The first-order chi connectivity index (χ1) is 12.7. The number of thioether (sulfide) groups is 1. The van der Waals surface area contributed by atoms with E-state index in [0.717, 1.165) is 55.3 Å². The summed E-state index contributed by atoms with van der Waals surface area (Å²) >= 11 is 1.05. The van der Waals surface area contributed by atoms with Gasteiger partial charge in [0, 0.05) is 43.5 Å². The molecule has 9 heteroatoms. The average Bonchev–Trinajstić information content (AvgIpc) is 3.02. The van der Waals surface area contributed by atoms with Crippen LogP contribution in [0.2, 0.25) is 0 Å². The largest absolute Gasteiger partial charge is 0.466 e. The van der Waals surface area contributed by atoms with Crippen molar-refractivity contribution in [3.05, 3.63) is 40.8 Å². The van der Waals surface area contributed by atoms with Crippen LogP contribution in [0.15, 0.2) is 45.4 Å². The van der Waals surface area contributed by atoms with Crippen molar-refractivity contribution in [1.29, 1.82) is 0 Å². The molecule has 2 heterocycles. The zero-order chi connectivity index (χ0) is 18.4. The molecule has 8 nitrogen and oxygen atoms in total. The number of para-hydroxylation sites is 1. The van der Waals surface area contributed by atoms with Crippen LogP contribution in [-0.2, 0) is 14.3 Å². The van der Waals surface area contributed by atoms with Gasteiger partial charge in [-0.2, -0.15) is 5.10 Å².